The molecule has 0 aromatic heterocycles. The molecule has 1 heterocycles. The third kappa shape index (κ3) is 4.52. The summed E-state index contributed by atoms with van der Waals surface area (Å²) in [5, 5.41) is 3.42. The van der Waals surface area contributed by atoms with E-state index in [9.17, 15) is 4.79 Å². The van der Waals surface area contributed by atoms with Gasteiger partial charge in [0.2, 0.25) is 5.91 Å². The van der Waals surface area contributed by atoms with Gasteiger partial charge in [-0.1, -0.05) is 26.7 Å². The first-order chi connectivity index (χ1) is 7.63. The number of nitrogens with zero attached hydrogens (tertiary/aromatic N) is 1. The Bertz CT molecular complexity index is 212. The Morgan fingerprint density at radius 2 is 2.25 bits per heavy atom. The number of carbonyl (C=O) groups excluding carboxylic acids is 1. The van der Waals surface area contributed by atoms with Crippen molar-refractivity contribution in [3.63, 3.8) is 0 Å². The zero-order valence-corrected chi connectivity index (χ0v) is 11.0. The van der Waals surface area contributed by atoms with Crippen molar-refractivity contribution in [2.45, 2.75) is 52.0 Å². The summed E-state index contributed by atoms with van der Waals surface area (Å²) in [6.45, 7) is 6.34. The number of nitrogens with one attached hydrogen (secondary N) is 1. The second kappa shape index (κ2) is 6.89. The lowest BCUT2D eigenvalue weighted by Crippen LogP contribution is -2.40. The van der Waals surface area contributed by atoms with Gasteiger partial charge in [-0.3, -0.25) is 4.79 Å². The van der Waals surface area contributed by atoms with Crippen LogP contribution in [0.4, 0.5) is 0 Å². The van der Waals surface area contributed by atoms with Crippen LogP contribution in [-0.2, 0) is 4.79 Å². The fraction of sp³-hybridized carbons (Fsp3) is 0.923. The molecular formula is C13H26N2O. The number of hydrogen-bond donors (Lipinski definition) is 1. The molecule has 1 fully saturated rings. The Morgan fingerprint density at radius 1 is 1.50 bits per heavy atom. The second-order valence-electron chi connectivity index (χ2n) is 5.14. The van der Waals surface area contributed by atoms with Crippen LogP contribution in [0.2, 0.25) is 0 Å². The monoisotopic (exact) mass is 226 g/mol. The van der Waals surface area contributed by atoms with Crippen LogP contribution in [0, 0.1) is 5.92 Å². The molecule has 2 atom stereocenters. The van der Waals surface area contributed by atoms with Crippen molar-refractivity contribution in [1.82, 2.24) is 10.2 Å². The molecule has 0 saturated carbocycles. The zero-order chi connectivity index (χ0) is 12.0. The molecule has 3 heteroatoms. The standard InChI is InChI=1S/C13H26N2O/c1-4-11(2)10-15(3)13(16)9-12-7-5-6-8-14-12/h11-12,14H,4-10H2,1-3H3. The van der Waals surface area contributed by atoms with Crippen LogP contribution < -0.4 is 5.32 Å². The molecule has 0 aromatic carbocycles. The van der Waals surface area contributed by atoms with Gasteiger partial charge in [0.1, 0.15) is 0 Å². The summed E-state index contributed by atoms with van der Waals surface area (Å²) < 4.78 is 0. The quantitative estimate of drug-likeness (QED) is 0.778. The number of carbonyl (C=O) groups is 1. The van der Waals surface area contributed by atoms with Crippen molar-refractivity contribution in [2.24, 2.45) is 5.92 Å². The number of hydrogen-bond acceptors (Lipinski definition) is 2. The van der Waals surface area contributed by atoms with Crippen LogP contribution in [0.1, 0.15) is 46.0 Å². The zero-order valence-electron chi connectivity index (χ0n) is 11.0. The highest BCUT2D eigenvalue weighted by molar-refractivity contribution is 5.76. The predicted molar refractivity (Wildman–Crippen MR) is 67.4 cm³/mol. The van der Waals surface area contributed by atoms with Gasteiger partial charge in [0.25, 0.3) is 0 Å². The first-order valence-electron chi connectivity index (χ1n) is 6.60. The van der Waals surface area contributed by atoms with Crippen LogP contribution in [-0.4, -0.2) is 37.0 Å². The third-order valence-electron chi connectivity index (χ3n) is 3.54. The first kappa shape index (κ1) is 13.5. The van der Waals surface area contributed by atoms with E-state index in [-0.39, 0.29) is 0 Å². The lowest BCUT2D eigenvalue weighted by Gasteiger charge is -2.26. The molecule has 1 rings (SSSR count). The molecule has 0 aromatic rings. The van der Waals surface area contributed by atoms with Crippen molar-refractivity contribution in [3.8, 4) is 0 Å². The van der Waals surface area contributed by atoms with E-state index in [1.807, 2.05) is 11.9 Å². The number of rotatable bonds is 5. The van der Waals surface area contributed by atoms with Gasteiger partial charge in [0, 0.05) is 26.1 Å². The largest absolute Gasteiger partial charge is 0.345 e. The van der Waals surface area contributed by atoms with Crippen LogP contribution in [0.5, 0.6) is 0 Å². The third-order valence-corrected chi connectivity index (χ3v) is 3.54. The molecule has 2 unspecified atom stereocenters. The summed E-state index contributed by atoms with van der Waals surface area (Å²) in [6.07, 6.45) is 5.49. The van der Waals surface area contributed by atoms with Gasteiger partial charge in [-0.15, -0.1) is 0 Å². The Hall–Kier alpha value is -0.570. The molecule has 1 saturated heterocycles. The highest BCUT2D eigenvalue weighted by atomic mass is 16.2. The van der Waals surface area contributed by atoms with Crippen LogP contribution in [0.15, 0.2) is 0 Å². The van der Waals surface area contributed by atoms with E-state index >= 15 is 0 Å². The van der Waals surface area contributed by atoms with Crippen molar-refractivity contribution in [3.05, 3.63) is 0 Å². The lowest BCUT2D eigenvalue weighted by atomic mass is 10.0. The van der Waals surface area contributed by atoms with E-state index < -0.39 is 0 Å². The minimum Gasteiger partial charge on any atom is -0.345 e. The average molecular weight is 226 g/mol. The molecule has 0 spiro atoms. The second-order valence-corrected chi connectivity index (χ2v) is 5.14. The van der Waals surface area contributed by atoms with Crippen molar-refractivity contribution in [2.75, 3.05) is 20.1 Å². The topological polar surface area (TPSA) is 32.3 Å². The van der Waals surface area contributed by atoms with Gasteiger partial charge in [0.15, 0.2) is 0 Å². The lowest BCUT2D eigenvalue weighted by molar-refractivity contribution is -0.131. The fourth-order valence-corrected chi connectivity index (χ4v) is 2.16. The van der Waals surface area contributed by atoms with Gasteiger partial charge in [0.05, 0.1) is 0 Å². The van der Waals surface area contributed by atoms with Crippen LogP contribution in [0.3, 0.4) is 0 Å². The molecule has 94 valence electrons. The van der Waals surface area contributed by atoms with Crippen molar-refractivity contribution in [1.29, 1.82) is 0 Å². The van der Waals surface area contributed by atoms with Crippen molar-refractivity contribution >= 4 is 5.91 Å². The van der Waals surface area contributed by atoms with E-state index in [0.717, 1.165) is 25.9 Å². The van der Waals surface area contributed by atoms with E-state index in [2.05, 4.69) is 19.2 Å². The Morgan fingerprint density at radius 3 is 2.81 bits per heavy atom. The first-order valence-corrected chi connectivity index (χ1v) is 6.60. The summed E-state index contributed by atoms with van der Waals surface area (Å²) in [5.74, 6) is 0.896. The Kier molecular flexibility index (Phi) is 5.81. The summed E-state index contributed by atoms with van der Waals surface area (Å²) >= 11 is 0. The minimum absolute atomic E-state index is 0.291. The van der Waals surface area contributed by atoms with Gasteiger partial charge in [-0.2, -0.15) is 0 Å². The summed E-state index contributed by atoms with van der Waals surface area (Å²) in [6, 6.07) is 0.417. The molecule has 0 bridgehead atoms. The fourth-order valence-electron chi connectivity index (χ4n) is 2.16. The molecule has 0 radical (unpaired) electrons. The van der Waals surface area contributed by atoms with Gasteiger partial charge in [-0.25, -0.2) is 0 Å². The molecule has 0 aliphatic carbocycles. The van der Waals surface area contributed by atoms with Crippen LogP contribution in [0.25, 0.3) is 0 Å². The molecule has 3 nitrogen and oxygen atoms in total. The number of piperidine rings is 1. The smallest absolute Gasteiger partial charge is 0.223 e. The Labute approximate surface area is 99.6 Å². The maximum Gasteiger partial charge on any atom is 0.223 e. The summed E-state index contributed by atoms with van der Waals surface area (Å²) in [7, 11) is 1.93. The van der Waals surface area contributed by atoms with Crippen molar-refractivity contribution < 1.29 is 4.79 Å². The van der Waals surface area contributed by atoms with Crippen LogP contribution >= 0.6 is 0 Å². The van der Waals surface area contributed by atoms with E-state index in [1.165, 1.54) is 12.8 Å². The number of amides is 1. The SMILES string of the molecule is CCC(C)CN(C)C(=O)CC1CCCCN1. The van der Waals surface area contributed by atoms with E-state index in [0.29, 0.717) is 24.3 Å². The maximum absolute atomic E-state index is 11.9. The predicted octanol–water partition coefficient (Wildman–Crippen LogP) is 2.02. The average Bonchev–Trinajstić information content (AvgIpc) is 2.30. The Balaban J connectivity index is 2.27. The van der Waals surface area contributed by atoms with Gasteiger partial charge in [-0.05, 0) is 25.3 Å². The molecular weight excluding hydrogens is 200 g/mol. The highest BCUT2D eigenvalue weighted by Gasteiger charge is 2.19. The molecule has 1 amide bonds. The normalized spacial score (nSPS) is 22.8. The van der Waals surface area contributed by atoms with Gasteiger partial charge < -0.3 is 10.2 Å². The van der Waals surface area contributed by atoms with E-state index in [4.69, 9.17) is 0 Å². The molecule has 1 aliphatic heterocycles. The highest BCUT2D eigenvalue weighted by Crippen LogP contribution is 2.12. The van der Waals surface area contributed by atoms with Gasteiger partial charge >= 0.3 is 0 Å². The van der Waals surface area contributed by atoms with E-state index in [1.54, 1.807) is 0 Å². The molecule has 1 aliphatic rings. The summed E-state index contributed by atoms with van der Waals surface area (Å²) in [4.78, 5) is 13.8. The minimum atomic E-state index is 0.291. The maximum atomic E-state index is 11.9. The molecule has 1 N–H and O–H groups in total. The molecule has 16 heavy (non-hydrogen) atoms. The summed E-state index contributed by atoms with van der Waals surface area (Å²) in [5.41, 5.74) is 0.